The van der Waals surface area contributed by atoms with Crippen LogP contribution in [0.4, 0.5) is 0 Å². The molecule has 0 unspecified atom stereocenters. The van der Waals surface area contributed by atoms with Crippen molar-refractivity contribution in [2.24, 2.45) is 0 Å². The standard InChI is InChI=1S/C17H24N4O/c1-4-21-12-19-20-16(21)9-10-18-17(22)11-14(3)15-8-6-5-7-13(15)2/h5-8,12,14H,4,9-11H2,1-3H3,(H,18,22)/t14-/m0/s1. The second kappa shape index (κ2) is 7.73. The Labute approximate surface area is 131 Å². The van der Waals surface area contributed by atoms with Crippen LogP contribution in [0.25, 0.3) is 0 Å². The number of hydrogen-bond acceptors (Lipinski definition) is 3. The molecule has 1 N–H and O–H groups in total. The molecule has 22 heavy (non-hydrogen) atoms. The summed E-state index contributed by atoms with van der Waals surface area (Å²) in [7, 11) is 0. The maximum atomic E-state index is 12.1. The summed E-state index contributed by atoms with van der Waals surface area (Å²) < 4.78 is 1.99. The number of carbonyl (C=O) groups excluding carboxylic acids is 1. The summed E-state index contributed by atoms with van der Waals surface area (Å²) in [6.45, 7) is 7.67. The first kappa shape index (κ1) is 16.2. The molecule has 0 aliphatic carbocycles. The highest BCUT2D eigenvalue weighted by atomic mass is 16.1. The van der Waals surface area contributed by atoms with Gasteiger partial charge in [-0.1, -0.05) is 31.2 Å². The van der Waals surface area contributed by atoms with E-state index in [1.54, 1.807) is 6.33 Å². The summed E-state index contributed by atoms with van der Waals surface area (Å²) in [6.07, 6.45) is 2.93. The summed E-state index contributed by atoms with van der Waals surface area (Å²) in [4.78, 5) is 12.1. The summed E-state index contributed by atoms with van der Waals surface area (Å²) in [6, 6.07) is 8.22. The van der Waals surface area contributed by atoms with E-state index in [1.165, 1.54) is 11.1 Å². The van der Waals surface area contributed by atoms with Gasteiger partial charge in [0.2, 0.25) is 5.91 Å². The quantitative estimate of drug-likeness (QED) is 0.854. The third-order valence-electron chi connectivity index (χ3n) is 3.92. The van der Waals surface area contributed by atoms with E-state index in [9.17, 15) is 4.79 Å². The summed E-state index contributed by atoms with van der Waals surface area (Å²) in [5.74, 6) is 1.22. The van der Waals surface area contributed by atoms with Crippen molar-refractivity contribution in [3.05, 3.63) is 47.5 Å². The van der Waals surface area contributed by atoms with Crippen LogP contribution in [0.2, 0.25) is 0 Å². The number of aromatic nitrogens is 3. The number of amides is 1. The Kier molecular flexibility index (Phi) is 5.69. The molecule has 0 bridgehead atoms. The molecule has 1 atom stereocenters. The predicted molar refractivity (Wildman–Crippen MR) is 86.6 cm³/mol. The highest BCUT2D eigenvalue weighted by molar-refractivity contribution is 5.76. The van der Waals surface area contributed by atoms with E-state index in [4.69, 9.17) is 0 Å². The number of nitrogens with zero attached hydrogens (tertiary/aromatic N) is 3. The lowest BCUT2D eigenvalue weighted by atomic mass is 9.93. The Morgan fingerprint density at radius 1 is 1.36 bits per heavy atom. The normalized spacial score (nSPS) is 12.1. The third-order valence-corrected chi connectivity index (χ3v) is 3.92. The molecular formula is C17H24N4O. The van der Waals surface area contributed by atoms with Crippen LogP contribution in [-0.4, -0.2) is 27.2 Å². The molecule has 2 rings (SSSR count). The smallest absolute Gasteiger partial charge is 0.220 e. The summed E-state index contributed by atoms with van der Waals surface area (Å²) in [5.41, 5.74) is 2.47. The zero-order valence-electron chi connectivity index (χ0n) is 13.5. The van der Waals surface area contributed by atoms with Crippen molar-refractivity contribution < 1.29 is 4.79 Å². The van der Waals surface area contributed by atoms with E-state index in [-0.39, 0.29) is 11.8 Å². The van der Waals surface area contributed by atoms with E-state index in [1.807, 2.05) is 16.7 Å². The van der Waals surface area contributed by atoms with Crippen LogP contribution in [0.15, 0.2) is 30.6 Å². The molecule has 5 heteroatoms. The van der Waals surface area contributed by atoms with Gasteiger partial charge in [-0.2, -0.15) is 0 Å². The van der Waals surface area contributed by atoms with Gasteiger partial charge in [0.15, 0.2) is 0 Å². The number of nitrogens with one attached hydrogen (secondary N) is 1. The van der Waals surface area contributed by atoms with Crippen LogP contribution in [0.5, 0.6) is 0 Å². The molecule has 0 radical (unpaired) electrons. The largest absolute Gasteiger partial charge is 0.356 e. The van der Waals surface area contributed by atoms with Gasteiger partial charge in [0.05, 0.1) is 0 Å². The average Bonchev–Trinajstić information content (AvgIpc) is 2.95. The Morgan fingerprint density at radius 2 is 2.14 bits per heavy atom. The van der Waals surface area contributed by atoms with Crippen molar-refractivity contribution >= 4 is 5.91 Å². The second-order valence-electron chi connectivity index (χ2n) is 5.59. The molecule has 0 aliphatic heterocycles. The Hall–Kier alpha value is -2.17. The second-order valence-corrected chi connectivity index (χ2v) is 5.59. The molecule has 0 aliphatic rings. The fraction of sp³-hybridized carbons (Fsp3) is 0.471. The molecule has 0 fully saturated rings. The molecule has 0 saturated carbocycles. The van der Waals surface area contributed by atoms with E-state index in [0.717, 1.165) is 12.4 Å². The first-order chi connectivity index (χ1) is 10.6. The predicted octanol–water partition coefficient (Wildman–Crippen LogP) is 2.46. The summed E-state index contributed by atoms with van der Waals surface area (Å²) >= 11 is 0. The van der Waals surface area contributed by atoms with Crippen LogP contribution < -0.4 is 5.32 Å². The minimum Gasteiger partial charge on any atom is -0.356 e. The number of rotatable bonds is 7. The molecule has 0 spiro atoms. The van der Waals surface area contributed by atoms with Crippen molar-refractivity contribution in [2.75, 3.05) is 6.54 Å². The molecule has 1 aromatic carbocycles. The maximum absolute atomic E-state index is 12.1. The first-order valence-corrected chi connectivity index (χ1v) is 7.80. The Morgan fingerprint density at radius 3 is 2.86 bits per heavy atom. The van der Waals surface area contributed by atoms with Gasteiger partial charge < -0.3 is 9.88 Å². The number of aryl methyl sites for hydroxylation is 2. The summed E-state index contributed by atoms with van der Waals surface area (Å²) in [5, 5.41) is 10.9. The van der Waals surface area contributed by atoms with Crippen molar-refractivity contribution in [1.29, 1.82) is 0 Å². The molecule has 0 saturated heterocycles. The monoisotopic (exact) mass is 300 g/mol. The lowest BCUT2D eigenvalue weighted by Crippen LogP contribution is -2.27. The van der Waals surface area contributed by atoms with Gasteiger partial charge >= 0.3 is 0 Å². The number of carbonyl (C=O) groups is 1. The molecule has 1 aromatic heterocycles. The molecule has 1 amide bonds. The highest BCUT2D eigenvalue weighted by Gasteiger charge is 2.13. The van der Waals surface area contributed by atoms with Gasteiger partial charge in [-0.15, -0.1) is 10.2 Å². The van der Waals surface area contributed by atoms with Gasteiger partial charge in [0.1, 0.15) is 12.2 Å². The highest BCUT2D eigenvalue weighted by Crippen LogP contribution is 2.22. The maximum Gasteiger partial charge on any atom is 0.220 e. The van der Waals surface area contributed by atoms with Crippen LogP contribution in [0.3, 0.4) is 0 Å². The fourth-order valence-corrected chi connectivity index (χ4v) is 2.65. The van der Waals surface area contributed by atoms with E-state index >= 15 is 0 Å². The molecule has 2 aromatic rings. The van der Waals surface area contributed by atoms with Crippen molar-refractivity contribution in [1.82, 2.24) is 20.1 Å². The molecule has 5 nitrogen and oxygen atoms in total. The van der Waals surface area contributed by atoms with Crippen molar-refractivity contribution in [3.63, 3.8) is 0 Å². The van der Waals surface area contributed by atoms with Gasteiger partial charge in [-0.05, 0) is 30.9 Å². The number of benzene rings is 1. The van der Waals surface area contributed by atoms with Gasteiger partial charge in [-0.25, -0.2) is 0 Å². The lowest BCUT2D eigenvalue weighted by Gasteiger charge is -2.14. The minimum atomic E-state index is 0.0818. The third kappa shape index (κ3) is 4.16. The van der Waals surface area contributed by atoms with E-state index in [0.29, 0.717) is 19.4 Å². The molecule has 118 valence electrons. The van der Waals surface area contributed by atoms with Crippen LogP contribution in [0, 0.1) is 6.92 Å². The topological polar surface area (TPSA) is 59.8 Å². The van der Waals surface area contributed by atoms with Gasteiger partial charge in [0, 0.05) is 25.9 Å². The Balaban J connectivity index is 1.80. The molecular weight excluding hydrogens is 276 g/mol. The average molecular weight is 300 g/mol. The van der Waals surface area contributed by atoms with Gasteiger partial charge in [-0.3, -0.25) is 4.79 Å². The Bertz CT molecular complexity index is 621. The fourth-order valence-electron chi connectivity index (χ4n) is 2.65. The van der Waals surface area contributed by atoms with E-state index < -0.39 is 0 Å². The number of hydrogen-bond donors (Lipinski definition) is 1. The van der Waals surface area contributed by atoms with Gasteiger partial charge in [0.25, 0.3) is 0 Å². The van der Waals surface area contributed by atoms with Crippen LogP contribution in [0.1, 0.15) is 43.1 Å². The first-order valence-electron chi connectivity index (χ1n) is 7.80. The minimum absolute atomic E-state index is 0.0818. The SMILES string of the molecule is CCn1cnnc1CCNC(=O)C[C@H](C)c1ccccc1C. The van der Waals surface area contributed by atoms with Crippen LogP contribution >= 0.6 is 0 Å². The van der Waals surface area contributed by atoms with Crippen molar-refractivity contribution in [2.45, 2.75) is 46.1 Å². The lowest BCUT2D eigenvalue weighted by molar-refractivity contribution is -0.121. The van der Waals surface area contributed by atoms with Crippen LogP contribution in [-0.2, 0) is 17.8 Å². The van der Waals surface area contributed by atoms with E-state index in [2.05, 4.69) is 48.4 Å². The molecule has 1 heterocycles. The van der Waals surface area contributed by atoms with Crippen molar-refractivity contribution in [3.8, 4) is 0 Å². The zero-order chi connectivity index (χ0) is 15.9. The zero-order valence-corrected chi connectivity index (χ0v) is 13.5.